The normalized spacial score (nSPS) is 19.9. The minimum Gasteiger partial charge on any atom is -0.309 e. The van der Waals surface area contributed by atoms with E-state index >= 15 is 0 Å². The second kappa shape index (κ2) is 7.34. The Kier molecular flexibility index (Phi) is 4.62. The minimum atomic E-state index is -0.900. The van der Waals surface area contributed by atoms with Crippen LogP contribution >= 0.6 is 0 Å². The highest BCUT2D eigenvalue weighted by molar-refractivity contribution is 6.00. The van der Waals surface area contributed by atoms with Gasteiger partial charge in [-0.25, -0.2) is 4.39 Å². The number of carbonyl (C=O) groups is 2. The molecule has 5 rings (SSSR count). The number of carbonyl (C=O) groups excluding carboxylic acids is 2. The maximum Gasteiger partial charge on any atom is 0.256 e. The summed E-state index contributed by atoms with van der Waals surface area (Å²) in [4.78, 5) is 30.7. The second-order valence-electron chi connectivity index (χ2n) is 8.12. The van der Waals surface area contributed by atoms with E-state index < -0.39 is 5.66 Å². The lowest BCUT2D eigenvalue weighted by atomic mass is 9.83. The third kappa shape index (κ3) is 2.95. The molecule has 0 radical (unpaired) electrons. The van der Waals surface area contributed by atoms with E-state index in [0.717, 1.165) is 17.5 Å². The Morgan fingerprint density at radius 1 is 0.968 bits per heavy atom. The zero-order chi connectivity index (χ0) is 21.6. The molecule has 0 spiro atoms. The van der Waals surface area contributed by atoms with Gasteiger partial charge >= 0.3 is 0 Å². The molecule has 2 amide bonds. The average Bonchev–Trinajstić information content (AvgIpc) is 3.20. The van der Waals surface area contributed by atoms with Crippen LogP contribution in [-0.2, 0) is 18.5 Å². The van der Waals surface area contributed by atoms with Gasteiger partial charge in [-0.2, -0.15) is 0 Å². The van der Waals surface area contributed by atoms with Gasteiger partial charge in [-0.05, 0) is 53.4 Å². The maximum absolute atomic E-state index is 13.6. The molecule has 5 heteroatoms. The molecular weight excluding hydrogens is 391 g/mol. The van der Waals surface area contributed by atoms with Gasteiger partial charge in [-0.15, -0.1) is 0 Å². The highest BCUT2D eigenvalue weighted by Gasteiger charge is 2.55. The topological polar surface area (TPSA) is 40.6 Å². The van der Waals surface area contributed by atoms with Crippen LogP contribution in [-0.4, -0.2) is 34.7 Å². The predicted molar refractivity (Wildman–Crippen MR) is 116 cm³/mol. The molecule has 0 aliphatic carbocycles. The molecule has 3 aromatic rings. The molecule has 1 fully saturated rings. The van der Waals surface area contributed by atoms with Crippen molar-refractivity contribution < 1.29 is 14.0 Å². The summed E-state index contributed by atoms with van der Waals surface area (Å²) in [6, 6.07) is 21.4. The highest BCUT2D eigenvalue weighted by Crippen LogP contribution is 2.45. The van der Waals surface area contributed by atoms with Gasteiger partial charge in [-0.3, -0.25) is 9.59 Å². The van der Waals surface area contributed by atoms with E-state index in [-0.39, 0.29) is 17.6 Å². The van der Waals surface area contributed by atoms with E-state index in [1.807, 2.05) is 41.3 Å². The number of benzene rings is 3. The second-order valence-corrected chi connectivity index (χ2v) is 8.12. The molecule has 31 heavy (non-hydrogen) atoms. The Bertz CT molecular complexity index is 1160. The Hall–Kier alpha value is -3.47. The first-order valence-corrected chi connectivity index (χ1v) is 10.6. The summed E-state index contributed by atoms with van der Waals surface area (Å²) < 4.78 is 13.4. The van der Waals surface area contributed by atoms with Crippen LogP contribution in [0, 0.1) is 5.82 Å². The monoisotopic (exact) mass is 414 g/mol. The quantitative estimate of drug-likeness (QED) is 0.638. The van der Waals surface area contributed by atoms with Crippen molar-refractivity contribution in [2.45, 2.75) is 25.4 Å². The van der Waals surface area contributed by atoms with Crippen molar-refractivity contribution in [2.24, 2.45) is 0 Å². The van der Waals surface area contributed by atoms with Crippen molar-refractivity contribution >= 4 is 11.8 Å². The zero-order valence-electron chi connectivity index (χ0n) is 17.3. The molecular formula is C26H23FN2O2. The molecule has 1 unspecified atom stereocenters. The molecule has 2 heterocycles. The first-order chi connectivity index (χ1) is 15.0. The lowest BCUT2D eigenvalue weighted by molar-refractivity contribution is 0.00772. The van der Waals surface area contributed by atoms with Crippen LogP contribution in [0.5, 0.6) is 0 Å². The van der Waals surface area contributed by atoms with Crippen LogP contribution in [0.2, 0.25) is 0 Å². The molecule has 156 valence electrons. The third-order valence-corrected chi connectivity index (χ3v) is 6.53. The van der Waals surface area contributed by atoms with E-state index in [1.165, 1.54) is 29.8 Å². The Balaban J connectivity index is 1.67. The van der Waals surface area contributed by atoms with Crippen LogP contribution in [0.1, 0.15) is 44.3 Å². The van der Waals surface area contributed by atoms with E-state index in [1.54, 1.807) is 4.90 Å². The summed E-state index contributed by atoms with van der Waals surface area (Å²) in [6.45, 7) is 2.97. The van der Waals surface area contributed by atoms with E-state index in [9.17, 15) is 14.0 Å². The molecule has 1 saturated heterocycles. The molecule has 2 aliphatic heterocycles. The van der Waals surface area contributed by atoms with Crippen LogP contribution in [0.15, 0.2) is 72.8 Å². The SMILES string of the molecule is CCc1ccc(C23Cc4ccccc4C(=O)N2CCN3C(=O)c2ccc(F)cc2)cc1. The first-order valence-electron chi connectivity index (χ1n) is 10.6. The van der Waals surface area contributed by atoms with Crippen molar-refractivity contribution in [1.82, 2.24) is 9.80 Å². The van der Waals surface area contributed by atoms with E-state index in [2.05, 4.69) is 19.1 Å². The number of halogens is 1. The largest absolute Gasteiger partial charge is 0.309 e. The summed E-state index contributed by atoms with van der Waals surface area (Å²) in [6.07, 6.45) is 1.43. The third-order valence-electron chi connectivity index (χ3n) is 6.53. The number of fused-ring (bicyclic) bond motifs is 2. The van der Waals surface area contributed by atoms with Crippen LogP contribution < -0.4 is 0 Å². The summed E-state index contributed by atoms with van der Waals surface area (Å²) in [5, 5.41) is 0. The Morgan fingerprint density at radius 3 is 2.39 bits per heavy atom. The first kappa shape index (κ1) is 19.5. The van der Waals surface area contributed by atoms with Gasteiger partial charge in [0, 0.05) is 30.6 Å². The molecule has 0 saturated carbocycles. The van der Waals surface area contributed by atoms with Crippen molar-refractivity contribution in [3.8, 4) is 0 Å². The summed E-state index contributed by atoms with van der Waals surface area (Å²) in [7, 11) is 0. The Labute approximate surface area is 180 Å². The highest BCUT2D eigenvalue weighted by atomic mass is 19.1. The standard InChI is InChI=1S/C26H23FN2O2/c1-2-18-7-11-21(12-8-18)26-17-20-5-3-4-6-23(20)25(31)29(26)16-15-28(26)24(30)19-9-13-22(27)14-10-19/h3-14H,2,15-17H2,1H3. The summed E-state index contributed by atoms with van der Waals surface area (Å²) >= 11 is 0. The van der Waals surface area contributed by atoms with Crippen LogP contribution in [0.4, 0.5) is 4.39 Å². The Morgan fingerprint density at radius 2 is 1.68 bits per heavy atom. The lowest BCUT2D eigenvalue weighted by Gasteiger charge is -2.47. The fraction of sp³-hybridized carbons (Fsp3) is 0.231. The van der Waals surface area contributed by atoms with Gasteiger partial charge in [0.1, 0.15) is 11.5 Å². The van der Waals surface area contributed by atoms with Crippen molar-refractivity contribution in [1.29, 1.82) is 0 Å². The van der Waals surface area contributed by atoms with Crippen molar-refractivity contribution in [3.05, 3.63) is 106 Å². The molecule has 3 aromatic carbocycles. The minimum absolute atomic E-state index is 0.0594. The zero-order valence-corrected chi connectivity index (χ0v) is 17.3. The average molecular weight is 414 g/mol. The maximum atomic E-state index is 13.6. The number of rotatable bonds is 3. The molecule has 4 nitrogen and oxygen atoms in total. The van der Waals surface area contributed by atoms with Gasteiger partial charge in [0.2, 0.25) is 0 Å². The molecule has 0 aromatic heterocycles. The predicted octanol–water partition coefficient (Wildman–Crippen LogP) is 4.40. The lowest BCUT2D eigenvalue weighted by Crippen LogP contribution is -2.58. The fourth-order valence-electron chi connectivity index (χ4n) is 4.91. The fourth-order valence-corrected chi connectivity index (χ4v) is 4.91. The van der Waals surface area contributed by atoms with Gasteiger partial charge in [0.25, 0.3) is 11.8 Å². The number of hydrogen-bond acceptors (Lipinski definition) is 2. The molecule has 2 aliphatic rings. The van der Waals surface area contributed by atoms with Crippen LogP contribution in [0.25, 0.3) is 0 Å². The van der Waals surface area contributed by atoms with Gasteiger partial charge in [-0.1, -0.05) is 49.4 Å². The summed E-state index contributed by atoms with van der Waals surface area (Å²) in [5.41, 5.74) is 3.26. The smallest absolute Gasteiger partial charge is 0.256 e. The molecule has 0 bridgehead atoms. The van der Waals surface area contributed by atoms with Gasteiger partial charge in [0.15, 0.2) is 0 Å². The van der Waals surface area contributed by atoms with Crippen molar-refractivity contribution in [3.63, 3.8) is 0 Å². The van der Waals surface area contributed by atoms with Gasteiger partial charge < -0.3 is 9.80 Å². The van der Waals surface area contributed by atoms with E-state index in [4.69, 9.17) is 0 Å². The molecule has 0 N–H and O–H groups in total. The van der Waals surface area contributed by atoms with Crippen molar-refractivity contribution in [2.75, 3.05) is 13.1 Å². The number of amides is 2. The number of hydrogen-bond donors (Lipinski definition) is 0. The summed E-state index contributed by atoms with van der Waals surface area (Å²) in [5.74, 6) is -0.642. The number of aryl methyl sites for hydroxylation is 1. The van der Waals surface area contributed by atoms with Crippen LogP contribution in [0.3, 0.4) is 0 Å². The number of nitrogens with zero attached hydrogens (tertiary/aromatic N) is 2. The molecule has 1 atom stereocenters. The van der Waals surface area contributed by atoms with E-state index in [0.29, 0.717) is 30.6 Å². The van der Waals surface area contributed by atoms with Gasteiger partial charge in [0.05, 0.1) is 0 Å².